The Morgan fingerprint density at radius 2 is 2.28 bits per heavy atom. The highest BCUT2D eigenvalue weighted by molar-refractivity contribution is 7.99. The molecule has 0 aromatic rings. The topological polar surface area (TPSA) is 70.0 Å². The van der Waals surface area contributed by atoms with E-state index in [0.29, 0.717) is 13.2 Å². The third-order valence-electron chi connectivity index (χ3n) is 2.83. The van der Waals surface area contributed by atoms with Crippen molar-refractivity contribution < 1.29 is 19.7 Å². The molecule has 0 spiro atoms. The number of carbonyl (C=O) groups is 1. The number of rotatable bonds is 7. The summed E-state index contributed by atoms with van der Waals surface area (Å²) in [4.78, 5) is 12.9. The quantitative estimate of drug-likeness (QED) is 0.712. The number of carboxylic acids is 1. The Hall–Kier alpha value is -0.300. The molecule has 0 aliphatic carbocycles. The second-order valence-corrected chi connectivity index (χ2v) is 6.01. The van der Waals surface area contributed by atoms with Crippen LogP contribution in [0.3, 0.4) is 0 Å². The number of hydrogen-bond acceptors (Lipinski definition) is 5. The lowest BCUT2D eigenvalue weighted by molar-refractivity contribution is -0.138. The van der Waals surface area contributed by atoms with Gasteiger partial charge < -0.3 is 14.9 Å². The summed E-state index contributed by atoms with van der Waals surface area (Å²) in [6.07, 6.45) is -0.303. The van der Waals surface area contributed by atoms with Gasteiger partial charge in [0, 0.05) is 30.6 Å². The fourth-order valence-corrected chi connectivity index (χ4v) is 3.08. The zero-order valence-corrected chi connectivity index (χ0v) is 11.9. The van der Waals surface area contributed by atoms with Gasteiger partial charge in [0.2, 0.25) is 0 Å². The highest BCUT2D eigenvalue weighted by Crippen LogP contribution is 2.19. The first-order chi connectivity index (χ1) is 8.49. The molecular formula is C12H23NO4S. The van der Waals surface area contributed by atoms with E-state index in [9.17, 15) is 9.90 Å². The van der Waals surface area contributed by atoms with Crippen LogP contribution in [0.5, 0.6) is 0 Å². The lowest BCUT2D eigenvalue weighted by atomic mass is 10.2. The van der Waals surface area contributed by atoms with Crippen LogP contribution in [0.2, 0.25) is 0 Å². The molecule has 2 unspecified atom stereocenters. The molecule has 1 fully saturated rings. The number of carboxylic acid groups (broad SMARTS) is 1. The maximum absolute atomic E-state index is 10.8. The minimum absolute atomic E-state index is 0.0231. The van der Waals surface area contributed by atoms with Gasteiger partial charge in [0.15, 0.2) is 0 Å². The van der Waals surface area contributed by atoms with Crippen molar-refractivity contribution in [2.75, 3.05) is 31.2 Å². The van der Waals surface area contributed by atoms with E-state index < -0.39 is 12.1 Å². The summed E-state index contributed by atoms with van der Waals surface area (Å²) in [7, 11) is 0. The number of hydrogen-bond donors (Lipinski definition) is 2. The van der Waals surface area contributed by atoms with Gasteiger partial charge in [-0.15, -0.1) is 0 Å². The highest BCUT2D eigenvalue weighted by Gasteiger charge is 2.26. The van der Waals surface area contributed by atoms with Crippen molar-refractivity contribution in [2.24, 2.45) is 0 Å². The molecule has 6 heteroatoms. The Labute approximate surface area is 112 Å². The molecule has 1 aliphatic heterocycles. The fraction of sp³-hybridized carbons (Fsp3) is 0.917. The van der Waals surface area contributed by atoms with Crippen LogP contribution >= 0.6 is 11.8 Å². The molecule has 0 aromatic heterocycles. The summed E-state index contributed by atoms with van der Waals surface area (Å²) in [6.45, 7) is 5.49. The van der Waals surface area contributed by atoms with Gasteiger partial charge in [0.25, 0.3) is 0 Å². The molecule has 1 saturated heterocycles. The van der Waals surface area contributed by atoms with E-state index in [2.05, 4.69) is 4.90 Å². The van der Waals surface area contributed by atoms with Crippen LogP contribution in [-0.4, -0.2) is 70.5 Å². The summed E-state index contributed by atoms with van der Waals surface area (Å²) in [5, 5.41) is 18.8. The molecule has 2 atom stereocenters. The summed E-state index contributed by atoms with van der Waals surface area (Å²) >= 11 is 1.78. The first kappa shape index (κ1) is 15.8. The van der Waals surface area contributed by atoms with E-state index in [1.165, 1.54) is 0 Å². The Morgan fingerprint density at radius 3 is 2.89 bits per heavy atom. The molecule has 1 rings (SSSR count). The highest BCUT2D eigenvalue weighted by atomic mass is 32.2. The number of aliphatic hydroxyl groups excluding tert-OH is 1. The summed E-state index contributed by atoms with van der Waals surface area (Å²) < 4.78 is 5.36. The van der Waals surface area contributed by atoms with Gasteiger partial charge in [-0.05, 0) is 13.8 Å². The van der Waals surface area contributed by atoms with Crippen LogP contribution in [0, 0.1) is 0 Å². The molecule has 106 valence electrons. The average molecular weight is 277 g/mol. The van der Waals surface area contributed by atoms with Gasteiger partial charge >= 0.3 is 5.97 Å². The standard InChI is InChI=1S/C12H23NO4S/c1-9(2)17-7-11(14)6-13-3-4-18-8-10(13)5-12(15)16/h9-11,14H,3-8H2,1-2H3,(H,15,16). The lowest BCUT2D eigenvalue weighted by Crippen LogP contribution is -2.47. The molecule has 1 aliphatic rings. The van der Waals surface area contributed by atoms with Crippen molar-refractivity contribution in [3.8, 4) is 0 Å². The summed E-state index contributed by atoms with van der Waals surface area (Å²) in [5.41, 5.74) is 0. The second kappa shape index (κ2) is 7.99. The van der Waals surface area contributed by atoms with Gasteiger partial charge in [-0.25, -0.2) is 0 Å². The van der Waals surface area contributed by atoms with Crippen LogP contribution in [0.15, 0.2) is 0 Å². The van der Waals surface area contributed by atoms with Gasteiger partial charge in [-0.2, -0.15) is 11.8 Å². The van der Waals surface area contributed by atoms with Gasteiger partial charge in [-0.1, -0.05) is 0 Å². The second-order valence-electron chi connectivity index (χ2n) is 4.86. The van der Waals surface area contributed by atoms with Crippen molar-refractivity contribution in [1.82, 2.24) is 4.90 Å². The minimum atomic E-state index is -0.777. The Morgan fingerprint density at radius 1 is 1.56 bits per heavy atom. The molecule has 0 saturated carbocycles. The van der Waals surface area contributed by atoms with E-state index in [-0.39, 0.29) is 18.6 Å². The van der Waals surface area contributed by atoms with Crippen molar-refractivity contribution in [2.45, 2.75) is 38.5 Å². The molecule has 0 radical (unpaired) electrons. The SMILES string of the molecule is CC(C)OCC(O)CN1CCSCC1CC(=O)O. The smallest absolute Gasteiger partial charge is 0.304 e. The first-order valence-electron chi connectivity index (χ1n) is 6.32. The van der Waals surface area contributed by atoms with E-state index >= 15 is 0 Å². The molecule has 0 bridgehead atoms. The average Bonchev–Trinajstić information content (AvgIpc) is 2.28. The predicted molar refractivity (Wildman–Crippen MR) is 72.0 cm³/mol. The zero-order chi connectivity index (χ0) is 13.5. The third kappa shape index (κ3) is 6.04. The normalized spacial score (nSPS) is 23.2. The van der Waals surface area contributed by atoms with Crippen molar-refractivity contribution in [1.29, 1.82) is 0 Å². The molecular weight excluding hydrogens is 254 g/mol. The summed E-state index contributed by atoms with van der Waals surface area (Å²) in [5.74, 6) is 1.04. The van der Waals surface area contributed by atoms with Gasteiger partial charge in [0.1, 0.15) is 0 Å². The zero-order valence-electron chi connectivity index (χ0n) is 11.0. The Kier molecular flexibility index (Phi) is 6.99. The fourth-order valence-electron chi connectivity index (χ4n) is 1.95. The predicted octanol–water partition coefficient (Wildman–Crippen LogP) is 0.664. The monoisotopic (exact) mass is 277 g/mol. The van der Waals surface area contributed by atoms with Crippen molar-refractivity contribution >= 4 is 17.7 Å². The molecule has 0 aromatic carbocycles. The largest absolute Gasteiger partial charge is 0.481 e. The summed E-state index contributed by atoms with van der Waals surface area (Å²) in [6, 6.07) is 0.0231. The Balaban J connectivity index is 2.38. The molecule has 5 nitrogen and oxygen atoms in total. The number of aliphatic hydroxyl groups is 1. The molecule has 18 heavy (non-hydrogen) atoms. The van der Waals surface area contributed by atoms with Crippen LogP contribution in [0.25, 0.3) is 0 Å². The minimum Gasteiger partial charge on any atom is -0.481 e. The molecule has 0 amide bonds. The van der Waals surface area contributed by atoms with E-state index in [1.54, 1.807) is 11.8 Å². The van der Waals surface area contributed by atoms with Crippen LogP contribution in [0.4, 0.5) is 0 Å². The third-order valence-corrected chi connectivity index (χ3v) is 3.92. The number of thioether (sulfide) groups is 1. The Bertz CT molecular complexity index is 262. The maximum atomic E-state index is 10.8. The lowest BCUT2D eigenvalue weighted by Gasteiger charge is -2.35. The van der Waals surface area contributed by atoms with E-state index in [0.717, 1.165) is 18.1 Å². The molecule has 2 N–H and O–H groups in total. The molecule has 1 heterocycles. The van der Waals surface area contributed by atoms with Gasteiger partial charge in [0.05, 0.1) is 25.2 Å². The van der Waals surface area contributed by atoms with Crippen molar-refractivity contribution in [3.63, 3.8) is 0 Å². The van der Waals surface area contributed by atoms with Crippen LogP contribution in [-0.2, 0) is 9.53 Å². The van der Waals surface area contributed by atoms with Crippen LogP contribution < -0.4 is 0 Å². The number of aliphatic carboxylic acids is 1. The van der Waals surface area contributed by atoms with Crippen LogP contribution in [0.1, 0.15) is 20.3 Å². The van der Waals surface area contributed by atoms with Crippen molar-refractivity contribution in [3.05, 3.63) is 0 Å². The maximum Gasteiger partial charge on any atom is 0.304 e. The number of ether oxygens (including phenoxy) is 1. The van der Waals surface area contributed by atoms with E-state index in [1.807, 2.05) is 13.8 Å². The first-order valence-corrected chi connectivity index (χ1v) is 7.47. The number of nitrogens with zero attached hydrogens (tertiary/aromatic N) is 1. The van der Waals surface area contributed by atoms with Gasteiger partial charge in [-0.3, -0.25) is 9.69 Å². The van der Waals surface area contributed by atoms with E-state index in [4.69, 9.17) is 9.84 Å². The number of β-amino-alcohol motifs (C(OH)–C–C–N with tert-alkyl or cyclic N) is 1.